The van der Waals surface area contributed by atoms with E-state index >= 15 is 0 Å². The lowest BCUT2D eigenvalue weighted by Crippen LogP contribution is -2.11. The lowest BCUT2D eigenvalue weighted by Gasteiger charge is -2.05. The van der Waals surface area contributed by atoms with Crippen LogP contribution >= 0.6 is 0 Å². The monoisotopic (exact) mass is 271 g/mol. The van der Waals surface area contributed by atoms with Crippen LogP contribution in [0.2, 0.25) is 0 Å². The Morgan fingerprint density at radius 1 is 1.37 bits per heavy atom. The first-order valence-corrected chi connectivity index (χ1v) is 5.16. The lowest BCUT2D eigenvalue weighted by atomic mass is 10.2. The van der Waals surface area contributed by atoms with E-state index in [1.807, 2.05) is 0 Å². The third-order valence-corrected chi connectivity index (χ3v) is 2.36. The van der Waals surface area contributed by atoms with Gasteiger partial charge in [0.15, 0.2) is 11.4 Å². The molecule has 1 N–H and O–H groups in total. The Morgan fingerprint density at radius 2 is 2.11 bits per heavy atom. The summed E-state index contributed by atoms with van der Waals surface area (Å²) in [6.45, 7) is -0.0917. The van der Waals surface area contributed by atoms with Crippen LogP contribution in [0, 0.1) is 0 Å². The van der Waals surface area contributed by atoms with Crippen LogP contribution < -0.4 is 0 Å². The summed E-state index contributed by atoms with van der Waals surface area (Å²) in [5.74, 6) is -1.24. The lowest BCUT2D eigenvalue weighted by molar-refractivity contribution is -0.141. The Balaban J connectivity index is 2.27. The van der Waals surface area contributed by atoms with E-state index < -0.39 is 17.8 Å². The summed E-state index contributed by atoms with van der Waals surface area (Å²) in [7, 11) is 0. The molecule has 2 aromatic rings. The predicted molar refractivity (Wildman–Crippen MR) is 57.5 cm³/mol. The number of halogens is 3. The number of rotatable bonds is 3. The van der Waals surface area contributed by atoms with E-state index in [1.54, 1.807) is 0 Å². The molecule has 2 heterocycles. The van der Waals surface area contributed by atoms with Gasteiger partial charge in [-0.3, -0.25) is 4.68 Å². The highest BCUT2D eigenvalue weighted by Crippen LogP contribution is 2.27. The second-order valence-electron chi connectivity index (χ2n) is 3.71. The molecule has 0 radical (unpaired) electrons. The molecule has 0 fully saturated rings. The maximum absolute atomic E-state index is 12.4. The topological polar surface area (TPSA) is 68.0 Å². The van der Waals surface area contributed by atoms with Crippen molar-refractivity contribution in [3.8, 4) is 0 Å². The molecule has 8 heteroatoms. The molecule has 2 aromatic heterocycles. The average Bonchev–Trinajstić information content (AvgIpc) is 2.77. The van der Waals surface area contributed by atoms with Crippen molar-refractivity contribution in [1.82, 2.24) is 14.8 Å². The van der Waals surface area contributed by atoms with Crippen LogP contribution in [0.1, 0.15) is 21.7 Å². The fourth-order valence-electron chi connectivity index (χ4n) is 1.53. The molecule has 5 nitrogen and oxygen atoms in total. The summed E-state index contributed by atoms with van der Waals surface area (Å²) < 4.78 is 38.1. The Morgan fingerprint density at radius 3 is 2.68 bits per heavy atom. The Bertz CT molecular complexity index is 607. The fraction of sp³-hybridized carbons (Fsp3) is 0.182. The number of nitrogens with zero attached hydrogens (tertiary/aromatic N) is 3. The molecule has 0 aliphatic rings. The van der Waals surface area contributed by atoms with E-state index in [-0.39, 0.29) is 17.8 Å². The minimum absolute atomic E-state index is 0.0917. The van der Waals surface area contributed by atoms with Crippen molar-refractivity contribution < 1.29 is 23.1 Å². The number of hydrogen-bond donors (Lipinski definition) is 1. The first kappa shape index (κ1) is 13.1. The van der Waals surface area contributed by atoms with Gasteiger partial charge in [-0.15, -0.1) is 0 Å². The molecule has 0 aromatic carbocycles. The second-order valence-corrected chi connectivity index (χ2v) is 3.71. The molecule has 0 saturated carbocycles. The van der Waals surface area contributed by atoms with Crippen LogP contribution in [0.25, 0.3) is 0 Å². The minimum atomic E-state index is -4.52. The van der Waals surface area contributed by atoms with Gasteiger partial charge in [0.1, 0.15) is 0 Å². The largest absolute Gasteiger partial charge is 0.477 e. The molecule has 0 spiro atoms. The quantitative estimate of drug-likeness (QED) is 0.927. The van der Waals surface area contributed by atoms with Crippen LogP contribution in [0.5, 0.6) is 0 Å². The highest BCUT2D eigenvalue weighted by atomic mass is 19.4. The molecule has 0 aliphatic carbocycles. The molecule has 0 unspecified atom stereocenters. The van der Waals surface area contributed by atoms with Gasteiger partial charge in [0.2, 0.25) is 0 Å². The second kappa shape index (κ2) is 4.71. The van der Waals surface area contributed by atoms with Crippen molar-refractivity contribution in [2.45, 2.75) is 12.7 Å². The SMILES string of the molecule is O=C(O)c1ncccc1Cn1ccc(C(F)(F)F)n1. The van der Waals surface area contributed by atoms with Gasteiger partial charge in [-0.2, -0.15) is 18.3 Å². The Labute approximate surface area is 105 Å². The molecule has 0 bridgehead atoms. The molecule has 100 valence electrons. The van der Waals surface area contributed by atoms with Gasteiger partial charge < -0.3 is 5.11 Å². The molecular weight excluding hydrogens is 263 g/mol. The molecule has 0 aliphatic heterocycles. The molecule has 2 rings (SSSR count). The molecular formula is C11H8F3N3O2. The van der Waals surface area contributed by atoms with Crippen molar-refractivity contribution in [2.24, 2.45) is 0 Å². The number of carbonyl (C=O) groups is 1. The smallest absolute Gasteiger partial charge is 0.435 e. The van der Waals surface area contributed by atoms with Gasteiger partial charge in [0, 0.05) is 18.0 Å². The standard InChI is InChI=1S/C11H8F3N3O2/c12-11(13,14)8-3-5-17(16-8)6-7-2-1-4-15-9(7)10(18)19/h1-5H,6H2,(H,18,19). The Hall–Kier alpha value is -2.38. The van der Waals surface area contributed by atoms with Crippen molar-refractivity contribution in [3.63, 3.8) is 0 Å². The van der Waals surface area contributed by atoms with Crippen molar-refractivity contribution >= 4 is 5.97 Å². The summed E-state index contributed by atoms with van der Waals surface area (Å²) in [6, 6.07) is 3.82. The molecule has 0 atom stereocenters. The third kappa shape index (κ3) is 2.90. The van der Waals surface area contributed by atoms with Crippen molar-refractivity contribution in [3.05, 3.63) is 47.5 Å². The van der Waals surface area contributed by atoms with Crippen molar-refractivity contribution in [1.29, 1.82) is 0 Å². The maximum atomic E-state index is 12.4. The van der Waals surface area contributed by atoms with Crippen LogP contribution in [0.3, 0.4) is 0 Å². The van der Waals surface area contributed by atoms with Gasteiger partial charge in [0.05, 0.1) is 6.54 Å². The minimum Gasteiger partial charge on any atom is -0.477 e. The number of carboxylic acid groups (broad SMARTS) is 1. The van der Waals surface area contributed by atoms with Crippen molar-refractivity contribution in [2.75, 3.05) is 0 Å². The molecule has 0 saturated heterocycles. The van der Waals surface area contributed by atoms with Crippen LogP contribution in [0.15, 0.2) is 30.6 Å². The molecule has 19 heavy (non-hydrogen) atoms. The third-order valence-electron chi connectivity index (χ3n) is 2.36. The highest BCUT2D eigenvalue weighted by molar-refractivity contribution is 5.86. The van der Waals surface area contributed by atoms with Gasteiger partial charge >= 0.3 is 12.1 Å². The fourth-order valence-corrected chi connectivity index (χ4v) is 1.53. The van der Waals surface area contributed by atoms with E-state index in [4.69, 9.17) is 5.11 Å². The summed E-state index contributed by atoms with van der Waals surface area (Å²) in [5.41, 5.74) is -0.938. The summed E-state index contributed by atoms with van der Waals surface area (Å²) in [4.78, 5) is 14.6. The van der Waals surface area contributed by atoms with Gasteiger partial charge in [-0.05, 0) is 12.1 Å². The number of pyridine rings is 1. The van der Waals surface area contributed by atoms with Crippen LogP contribution in [0.4, 0.5) is 13.2 Å². The summed E-state index contributed by atoms with van der Waals surface area (Å²) in [5, 5.41) is 12.3. The van der Waals surface area contributed by atoms with E-state index in [0.29, 0.717) is 0 Å². The summed E-state index contributed by atoms with van der Waals surface area (Å²) in [6.07, 6.45) is -2.07. The number of aromatic carboxylic acids is 1. The summed E-state index contributed by atoms with van der Waals surface area (Å²) >= 11 is 0. The molecule has 0 amide bonds. The van der Waals surface area contributed by atoms with Gasteiger partial charge in [0.25, 0.3) is 0 Å². The van der Waals surface area contributed by atoms with E-state index in [0.717, 1.165) is 16.9 Å². The number of carboxylic acids is 1. The first-order chi connectivity index (χ1) is 8.88. The average molecular weight is 271 g/mol. The maximum Gasteiger partial charge on any atom is 0.435 e. The zero-order valence-electron chi connectivity index (χ0n) is 9.42. The predicted octanol–water partition coefficient (Wildman–Crippen LogP) is 2.04. The van der Waals surface area contributed by atoms with Crippen LogP contribution in [-0.4, -0.2) is 25.8 Å². The first-order valence-electron chi connectivity index (χ1n) is 5.16. The number of alkyl halides is 3. The number of aromatic nitrogens is 3. The van der Waals surface area contributed by atoms with E-state index in [2.05, 4.69) is 10.1 Å². The Kier molecular flexibility index (Phi) is 3.24. The zero-order chi connectivity index (χ0) is 14.0. The van der Waals surface area contributed by atoms with Gasteiger partial charge in [-0.1, -0.05) is 6.07 Å². The van der Waals surface area contributed by atoms with Crippen LogP contribution in [-0.2, 0) is 12.7 Å². The number of hydrogen-bond acceptors (Lipinski definition) is 3. The highest BCUT2D eigenvalue weighted by Gasteiger charge is 2.33. The van der Waals surface area contributed by atoms with E-state index in [1.165, 1.54) is 18.3 Å². The van der Waals surface area contributed by atoms with E-state index in [9.17, 15) is 18.0 Å². The zero-order valence-corrected chi connectivity index (χ0v) is 9.42. The van der Waals surface area contributed by atoms with Gasteiger partial charge in [-0.25, -0.2) is 9.78 Å². The normalized spacial score (nSPS) is 11.5.